The van der Waals surface area contributed by atoms with Gasteiger partial charge in [0.25, 0.3) is 0 Å². The van der Waals surface area contributed by atoms with Crippen LogP contribution in [0.2, 0.25) is 0 Å². The van der Waals surface area contributed by atoms with E-state index in [4.69, 9.17) is 15.6 Å². The monoisotopic (exact) mass is 412 g/mol. The summed E-state index contributed by atoms with van der Waals surface area (Å²) >= 11 is 0. The van der Waals surface area contributed by atoms with Crippen molar-refractivity contribution in [2.24, 2.45) is 5.73 Å². The molecular weight excluding hydrogens is 384 g/mol. The van der Waals surface area contributed by atoms with Crippen LogP contribution in [0.3, 0.4) is 0 Å². The fourth-order valence-corrected chi connectivity index (χ4v) is 3.11. The quantitative estimate of drug-likeness (QED) is 0.699. The molecule has 1 heterocycles. The number of carboxylic acids is 1. The first kappa shape index (κ1) is 22.9. The van der Waals surface area contributed by atoms with Gasteiger partial charge in [-0.1, -0.05) is 55.8 Å². The van der Waals surface area contributed by atoms with E-state index in [0.717, 1.165) is 30.4 Å². The average molecular weight is 412 g/mol. The molecule has 30 heavy (non-hydrogen) atoms. The van der Waals surface area contributed by atoms with Crippen LogP contribution in [0.1, 0.15) is 43.0 Å². The van der Waals surface area contributed by atoms with Crippen molar-refractivity contribution in [1.82, 2.24) is 4.90 Å². The Morgan fingerprint density at radius 3 is 2.43 bits per heavy atom. The molecule has 0 unspecified atom stereocenters. The summed E-state index contributed by atoms with van der Waals surface area (Å²) in [5.74, 6) is -1.34. The van der Waals surface area contributed by atoms with Crippen molar-refractivity contribution in [2.75, 3.05) is 13.2 Å². The first-order valence-electron chi connectivity index (χ1n) is 10.1. The van der Waals surface area contributed by atoms with Crippen LogP contribution in [0.25, 0.3) is 11.1 Å². The van der Waals surface area contributed by atoms with Crippen molar-refractivity contribution in [3.05, 3.63) is 60.2 Å². The van der Waals surface area contributed by atoms with Crippen LogP contribution in [0, 0.1) is 0 Å². The zero-order chi connectivity index (χ0) is 21.9. The summed E-state index contributed by atoms with van der Waals surface area (Å²) in [7, 11) is 0. The van der Waals surface area contributed by atoms with E-state index in [1.165, 1.54) is 4.90 Å². The molecule has 1 saturated heterocycles. The number of ether oxygens (including phenoxy) is 1. The highest BCUT2D eigenvalue weighted by Gasteiger charge is 2.34. The van der Waals surface area contributed by atoms with E-state index >= 15 is 0 Å². The molecular formula is C23H28N2O5. The Bertz CT molecular complexity index is 854. The lowest BCUT2D eigenvalue weighted by Crippen LogP contribution is -2.40. The number of aliphatic carboxylic acids is 1. The largest absolute Gasteiger partial charge is 0.480 e. The zero-order valence-electron chi connectivity index (χ0n) is 17.1. The molecule has 7 nitrogen and oxygen atoms in total. The van der Waals surface area contributed by atoms with Gasteiger partial charge in [-0.25, -0.2) is 9.59 Å². The molecule has 0 aromatic heterocycles. The summed E-state index contributed by atoms with van der Waals surface area (Å²) in [6, 6.07) is 16.5. The molecule has 160 valence electrons. The van der Waals surface area contributed by atoms with Crippen LogP contribution < -0.4 is 5.73 Å². The molecule has 3 rings (SSSR count). The van der Waals surface area contributed by atoms with E-state index in [2.05, 4.69) is 0 Å². The Kier molecular flexibility index (Phi) is 8.87. The molecule has 3 N–H and O–H groups in total. The normalized spacial score (nSPS) is 15.1. The maximum atomic E-state index is 11.5. The number of carbonyl (C=O) groups is 3. The summed E-state index contributed by atoms with van der Waals surface area (Å²) in [6.45, 7) is 2.86. The number of rotatable bonds is 6. The Morgan fingerprint density at radius 2 is 1.80 bits per heavy atom. The number of benzene rings is 2. The van der Waals surface area contributed by atoms with Crippen LogP contribution >= 0.6 is 0 Å². The standard InChI is InChI=1S/C13H11NO.C10H17NO4/c14-13(15)12-8-4-7-11(9-12)10-5-2-1-3-6-10;1-2-3-7-15-10(14)11-6-4-5-8(11)9(12)13/h1-9H,(H2,14,15);8H,2-7H2,1H3,(H,12,13)/t;8-/m.1/s1. The van der Waals surface area contributed by atoms with E-state index < -0.39 is 24.0 Å². The fourth-order valence-electron chi connectivity index (χ4n) is 3.11. The fraction of sp³-hybridized carbons (Fsp3) is 0.348. The van der Waals surface area contributed by atoms with Gasteiger partial charge in [-0.05, 0) is 42.5 Å². The van der Waals surface area contributed by atoms with Crippen LogP contribution in [-0.4, -0.2) is 47.2 Å². The molecule has 2 aromatic rings. The Morgan fingerprint density at radius 1 is 1.10 bits per heavy atom. The number of hydrogen-bond donors (Lipinski definition) is 2. The van der Waals surface area contributed by atoms with E-state index in [-0.39, 0.29) is 0 Å². The number of nitrogens with zero attached hydrogens (tertiary/aromatic N) is 1. The second-order valence-electron chi connectivity index (χ2n) is 6.97. The zero-order valence-corrected chi connectivity index (χ0v) is 17.1. The first-order valence-corrected chi connectivity index (χ1v) is 10.1. The van der Waals surface area contributed by atoms with Crippen LogP contribution in [0.4, 0.5) is 4.79 Å². The highest BCUT2D eigenvalue weighted by atomic mass is 16.6. The SMILES string of the molecule is CCCCOC(=O)N1CCC[C@@H]1C(=O)O.NC(=O)c1cccc(-c2ccccc2)c1. The first-order chi connectivity index (χ1) is 14.4. The molecule has 2 aromatic carbocycles. The lowest BCUT2D eigenvalue weighted by Gasteiger charge is -2.20. The Labute approximate surface area is 176 Å². The van der Waals surface area contributed by atoms with Crippen molar-refractivity contribution < 1.29 is 24.2 Å². The molecule has 0 radical (unpaired) electrons. The van der Waals surface area contributed by atoms with Gasteiger partial charge in [0.1, 0.15) is 6.04 Å². The summed E-state index contributed by atoms with van der Waals surface area (Å²) in [5.41, 5.74) is 7.85. The van der Waals surface area contributed by atoms with Gasteiger partial charge in [0.05, 0.1) is 6.61 Å². The minimum atomic E-state index is -0.944. The van der Waals surface area contributed by atoms with Crippen LogP contribution in [-0.2, 0) is 9.53 Å². The van der Waals surface area contributed by atoms with Gasteiger partial charge < -0.3 is 15.6 Å². The summed E-state index contributed by atoms with van der Waals surface area (Å²) in [6.07, 6.45) is 2.54. The van der Waals surface area contributed by atoms with Crippen molar-refractivity contribution in [3.8, 4) is 11.1 Å². The second-order valence-corrected chi connectivity index (χ2v) is 6.97. The summed E-state index contributed by atoms with van der Waals surface area (Å²) in [5, 5.41) is 8.85. The predicted octanol–water partition coefficient (Wildman–Crippen LogP) is 3.92. The molecule has 1 atom stereocenters. The van der Waals surface area contributed by atoms with E-state index in [1.54, 1.807) is 12.1 Å². The molecule has 0 saturated carbocycles. The Balaban J connectivity index is 0.000000214. The minimum absolute atomic E-state index is 0.373. The second kappa shape index (κ2) is 11.6. The highest BCUT2D eigenvalue weighted by molar-refractivity contribution is 5.94. The molecule has 1 aliphatic heterocycles. The topological polar surface area (TPSA) is 110 Å². The number of amides is 2. The lowest BCUT2D eigenvalue weighted by atomic mass is 10.0. The van der Waals surface area contributed by atoms with Gasteiger partial charge in [0.2, 0.25) is 5.91 Å². The average Bonchev–Trinajstić information content (AvgIpc) is 3.26. The molecule has 2 amide bonds. The molecule has 1 aliphatic rings. The predicted molar refractivity (Wildman–Crippen MR) is 114 cm³/mol. The number of hydrogen-bond acceptors (Lipinski definition) is 4. The van der Waals surface area contributed by atoms with Crippen LogP contribution in [0.15, 0.2) is 54.6 Å². The minimum Gasteiger partial charge on any atom is -0.480 e. The number of likely N-dealkylation sites (tertiary alicyclic amines) is 1. The van der Waals surface area contributed by atoms with E-state index in [9.17, 15) is 14.4 Å². The third-order valence-electron chi connectivity index (χ3n) is 4.75. The molecule has 0 bridgehead atoms. The van der Waals surface area contributed by atoms with Crippen molar-refractivity contribution >= 4 is 18.0 Å². The van der Waals surface area contributed by atoms with E-state index in [0.29, 0.717) is 25.1 Å². The van der Waals surface area contributed by atoms with Gasteiger partial charge in [0.15, 0.2) is 0 Å². The van der Waals surface area contributed by atoms with Gasteiger partial charge in [0, 0.05) is 12.1 Å². The summed E-state index contributed by atoms with van der Waals surface area (Å²) in [4.78, 5) is 34.6. The maximum absolute atomic E-state index is 11.5. The number of unbranched alkanes of at least 4 members (excludes halogenated alkanes) is 1. The number of primary amides is 1. The van der Waals surface area contributed by atoms with Crippen molar-refractivity contribution in [1.29, 1.82) is 0 Å². The maximum Gasteiger partial charge on any atom is 0.410 e. The van der Waals surface area contributed by atoms with Crippen molar-refractivity contribution in [3.63, 3.8) is 0 Å². The molecule has 0 spiro atoms. The summed E-state index contributed by atoms with van der Waals surface area (Å²) < 4.78 is 4.97. The number of nitrogens with two attached hydrogens (primary N) is 1. The van der Waals surface area contributed by atoms with Gasteiger partial charge in [-0.15, -0.1) is 0 Å². The van der Waals surface area contributed by atoms with Crippen LogP contribution in [0.5, 0.6) is 0 Å². The third-order valence-corrected chi connectivity index (χ3v) is 4.75. The molecule has 7 heteroatoms. The third kappa shape index (κ3) is 6.62. The lowest BCUT2D eigenvalue weighted by molar-refractivity contribution is -0.141. The van der Waals surface area contributed by atoms with Gasteiger partial charge >= 0.3 is 12.1 Å². The number of carbonyl (C=O) groups excluding carboxylic acids is 2. The highest BCUT2D eigenvalue weighted by Crippen LogP contribution is 2.20. The van der Waals surface area contributed by atoms with Gasteiger partial charge in [-0.3, -0.25) is 9.69 Å². The van der Waals surface area contributed by atoms with E-state index in [1.807, 2.05) is 49.4 Å². The Hall–Kier alpha value is -3.35. The van der Waals surface area contributed by atoms with Crippen molar-refractivity contribution in [2.45, 2.75) is 38.6 Å². The molecule has 0 aliphatic carbocycles. The molecule has 1 fully saturated rings. The smallest absolute Gasteiger partial charge is 0.410 e. The number of carboxylic acid groups (broad SMARTS) is 1. The van der Waals surface area contributed by atoms with Gasteiger partial charge in [-0.2, -0.15) is 0 Å².